The summed E-state index contributed by atoms with van der Waals surface area (Å²) in [5, 5.41) is 4.01. The number of halogens is 1. The zero-order chi connectivity index (χ0) is 13.5. The van der Waals surface area contributed by atoms with Gasteiger partial charge in [0.2, 0.25) is 0 Å². The van der Waals surface area contributed by atoms with Crippen LogP contribution in [0, 0.1) is 12.7 Å². The van der Waals surface area contributed by atoms with Crippen molar-refractivity contribution in [3.8, 4) is 11.5 Å². The van der Waals surface area contributed by atoms with Gasteiger partial charge >= 0.3 is 0 Å². The fraction of sp³-hybridized carbons (Fsp3) is 0.429. The molecule has 1 aromatic carbocycles. The normalized spacial score (nSPS) is 17.8. The van der Waals surface area contributed by atoms with Crippen molar-refractivity contribution in [3.05, 3.63) is 35.4 Å². The smallest absolute Gasteiger partial charge is 0.258 e. The molecule has 3 rings (SSSR count). The molecule has 0 radical (unpaired) electrons. The van der Waals surface area contributed by atoms with E-state index in [2.05, 4.69) is 10.1 Å². The molecular formula is C14H16FN3O. The summed E-state index contributed by atoms with van der Waals surface area (Å²) in [6.07, 6.45) is 3.95. The van der Waals surface area contributed by atoms with E-state index in [1.54, 1.807) is 6.07 Å². The Labute approximate surface area is 110 Å². The third-order valence-corrected chi connectivity index (χ3v) is 3.79. The molecule has 1 aromatic heterocycles. The van der Waals surface area contributed by atoms with Crippen LogP contribution in [0.25, 0.3) is 11.5 Å². The Hall–Kier alpha value is -1.75. The lowest BCUT2D eigenvalue weighted by molar-refractivity contribution is 0.372. The summed E-state index contributed by atoms with van der Waals surface area (Å²) in [5.41, 5.74) is 7.35. The summed E-state index contributed by atoms with van der Waals surface area (Å²) < 4.78 is 18.4. The zero-order valence-corrected chi connectivity index (χ0v) is 10.8. The van der Waals surface area contributed by atoms with E-state index in [0.717, 1.165) is 36.8 Å². The molecule has 1 heterocycles. The number of hydrogen-bond acceptors (Lipinski definition) is 4. The van der Waals surface area contributed by atoms with E-state index in [4.69, 9.17) is 10.3 Å². The van der Waals surface area contributed by atoms with Gasteiger partial charge in [0.25, 0.3) is 5.89 Å². The molecule has 1 aliphatic carbocycles. The molecule has 0 spiro atoms. The van der Waals surface area contributed by atoms with Crippen molar-refractivity contribution in [2.24, 2.45) is 5.73 Å². The molecule has 2 N–H and O–H groups in total. The largest absolute Gasteiger partial charge is 0.334 e. The van der Waals surface area contributed by atoms with Crippen molar-refractivity contribution >= 4 is 0 Å². The Morgan fingerprint density at radius 3 is 2.74 bits per heavy atom. The SMILES string of the molecule is Cc1cc(F)ccc1-c1nc(C2(N)CCCC2)no1. The molecule has 1 aliphatic rings. The molecule has 1 saturated carbocycles. The average Bonchev–Trinajstić information content (AvgIpc) is 2.99. The molecule has 5 heteroatoms. The maximum Gasteiger partial charge on any atom is 0.258 e. The Balaban J connectivity index is 1.97. The first-order chi connectivity index (χ1) is 9.08. The summed E-state index contributed by atoms with van der Waals surface area (Å²) in [6, 6.07) is 4.49. The number of nitrogens with zero attached hydrogens (tertiary/aromatic N) is 2. The van der Waals surface area contributed by atoms with E-state index >= 15 is 0 Å². The second-order valence-electron chi connectivity index (χ2n) is 5.25. The highest BCUT2D eigenvalue weighted by Crippen LogP contribution is 2.35. The van der Waals surface area contributed by atoms with Gasteiger partial charge in [0.05, 0.1) is 5.54 Å². The lowest BCUT2D eigenvalue weighted by Gasteiger charge is -2.17. The highest BCUT2D eigenvalue weighted by molar-refractivity contribution is 5.58. The van der Waals surface area contributed by atoms with Crippen LogP contribution in [0.3, 0.4) is 0 Å². The van der Waals surface area contributed by atoms with Gasteiger partial charge in [-0.05, 0) is 43.5 Å². The first-order valence-electron chi connectivity index (χ1n) is 6.48. The molecular weight excluding hydrogens is 245 g/mol. The zero-order valence-electron chi connectivity index (χ0n) is 10.8. The van der Waals surface area contributed by atoms with E-state index in [1.165, 1.54) is 12.1 Å². The number of aromatic nitrogens is 2. The second kappa shape index (κ2) is 4.42. The van der Waals surface area contributed by atoms with Gasteiger partial charge in [0.1, 0.15) is 5.82 Å². The molecule has 4 nitrogen and oxygen atoms in total. The fourth-order valence-corrected chi connectivity index (χ4v) is 2.63. The van der Waals surface area contributed by atoms with Gasteiger partial charge in [0.15, 0.2) is 5.82 Å². The van der Waals surface area contributed by atoms with Crippen LogP contribution < -0.4 is 5.73 Å². The molecule has 0 unspecified atom stereocenters. The summed E-state index contributed by atoms with van der Waals surface area (Å²) in [5.74, 6) is 0.694. The van der Waals surface area contributed by atoms with Crippen molar-refractivity contribution in [2.75, 3.05) is 0 Å². The Morgan fingerprint density at radius 1 is 1.32 bits per heavy atom. The van der Waals surface area contributed by atoms with Gasteiger partial charge in [0, 0.05) is 5.56 Å². The third kappa shape index (κ3) is 2.14. The molecule has 19 heavy (non-hydrogen) atoms. The molecule has 100 valence electrons. The molecule has 1 fully saturated rings. The molecule has 0 atom stereocenters. The van der Waals surface area contributed by atoms with E-state index in [-0.39, 0.29) is 5.82 Å². The highest BCUT2D eigenvalue weighted by Gasteiger charge is 2.36. The van der Waals surface area contributed by atoms with E-state index in [1.807, 2.05) is 6.92 Å². The summed E-state index contributed by atoms with van der Waals surface area (Å²) in [6.45, 7) is 1.82. The molecule has 0 aliphatic heterocycles. The van der Waals surface area contributed by atoms with E-state index in [0.29, 0.717) is 11.7 Å². The Morgan fingerprint density at radius 2 is 2.05 bits per heavy atom. The van der Waals surface area contributed by atoms with Gasteiger partial charge in [-0.2, -0.15) is 4.98 Å². The number of benzene rings is 1. The van der Waals surface area contributed by atoms with Crippen LogP contribution in [0.4, 0.5) is 4.39 Å². The molecule has 2 aromatic rings. The van der Waals surface area contributed by atoms with Crippen LogP contribution in [0.5, 0.6) is 0 Å². The second-order valence-corrected chi connectivity index (χ2v) is 5.25. The van der Waals surface area contributed by atoms with Crippen molar-refractivity contribution in [1.29, 1.82) is 0 Å². The van der Waals surface area contributed by atoms with Crippen molar-refractivity contribution in [3.63, 3.8) is 0 Å². The summed E-state index contributed by atoms with van der Waals surface area (Å²) in [4.78, 5) is 4.40. The molecule has 0 amide bonds. The van der Waals surface area contributed by atoms with Crippen LogP contribution in [-0.4, -0.2) is 10.1 Å². The van der Waals surface area contributed by atoms with E-state index in [9.17, 15) is 4.39 Å². The van der Waals surface area contributed by atoms with Gasteiger partial charge in [-0.3, -0.25) is 0 Å². The fourth-order valence-electron chi connectivity index (χ4n) is 2.63. The van der Waals surface area contributed by atoms with Crippen LogP contribution in [0.15, 0.2) is 22.7 Å². The first kappa shape index (κ1) is 12.3. The van der Waals surface area contributed by atoms with Crippen LogP contribution in [0.1, 0.15) is 37.1 Å². The third-order valence-electron chi connectivity index (χ3n) is 3.79. The topological polar surface area (TPSA) is 64.9 Å². The minimum Gasteiger partial charge on any atom is -0.334 e. The van der Waals surface area contributed by atoms with E-state index < -0.39 is 5.54 Å². The van der Waals surface area contributed by atoms with Crippen LogP contribution in [-0.2, 0) is 5.54 Å². The van der Waals surface area contributed by atoms with Gasteiger partial charge in [-0.25, -0.2) is 4.39 Å². The number of aryl methyl sites for hydroxylation is 1. The highest BCUT2D eigenvalue weighted by atomic mass is 19.1. The average molecular weight is 261 g/mol. The summed E-state index contributed by atoms with van der Waals surface area (Å²) >= 11 is 0. The minimum atomic E-state index is -0.463. The molecule has 0 saturated heterocycles. The number of hydrogen-bond donors (Lipinski definition) is 1. The van der Waals surface area contributed by atoms with Crippen LogP contribution >= 0.6 is 0 Å². The summed E-state index contributed by atoms with van der Waals surface area (Å²) in [7, 11) is 0. The lowest BCUT2D eigenvalue weighted by Crippen LogP contribution is -2.34. The minimum absolute atomic E-state index is 0.271. The van der Waals surface area contributed by atoms with Crippen molar-refractivity contribution in [1.82, 2.24) is 10.1 Å². The Bertz CT molecular complexity index is 602. The standard InChI is InChI=1S/C14H16FN3O/c1-9-8-10(15)4-5-11(9)12-17-13(18-19-12)14(16)6-2-3-7-14/h4-5,8H,2-3,6-7,16H2,1H3. The Kier molecular flexibility index (Phi) is 2.86. The first-order valence-corrected chi connectivity index (χ1v) is 6.48. The lowest BCUT2D eigenvalue weighted by atomic mass is 9.98. The van der Waals surface area contributed by atoms with Gasteiger partial charge in [-0.1, -0.05) is 18.0 Å². The van der Waals surface area contributed by atoms with Crippen LogP contribution in [0.2, 0.25) is 0 Å². The monoisotopic (exact) mass is 261 g/mol. The van der Waals surface area contributed by atoms with Gasteiger partial charge in [-0.15, -0.1) is 0 Å². The van der Waals surface area contributed by atoms with Gasteiger partial charge < -0.3 is 10.3 Å². The van der Waals surface area contributed by atoms with Crippen molar-refractivity contribution < 1.29 is 8.91 Å². The quantitative estimate of drug-likeness (QED) is 0.902. The maximum atomic E-state index is 13.1. The number of rotatable bonds is 2. The predicted molar refractivity (Wildman–Crippen MR) is 68.8 cm³/mol. The molecule has 0 bridgehead atoms. The van der Waals surface area contributed by atoms with Crippen molar-refractivity contribution in [2.45, 2.75) is 38.1 Å². The predicted octanol–water partition coefficient (Wildman–Crippen LogP) is 2.91. The number of nitrogens with two attached hydrogens (primary N) is 1. The maximum absolute atomic E-state index is 13.1.